The first-order valence-electron chi connectivity index (χ1n) is 4.83. The smallest absolute Gasteiger partial charge is 0.274 e. The van der Waals surface area contributed by atoms with Gasteiger partial charge in [-0.05, 0) is 24.3 Å². The number of aliphatic hydroxyl groups is 1. The number of hydrogen-bond donors (Lipinski definition) is 2. The molecule has 0 saturated heterocycles. The van der Waals surface area contributed by atoms with Crippen LogP contribution in [0.1, 0.15) is 11.5 Å². The summed E-state index contributed by atoms with van der Waals surface area (Å²) >= 11 is 0. The maximum absolute atomic E-state index is 11.7. The van der Waals surface area contributed by atoms with Gasteiger partial charge in [0, 0.05) is 0 Å². The minimum Gasteiger partial charge on any atom is -0.468 e. The number of furan rings is 2. The fourth-order valence-electron chi connectivity index (χ4n) is 1.24. The van der Waals surface area contributed by atoms with Gasteiger partial charge >= 0.3 is 0 Å². The van der Waals surface area contributed by atoms with Crippen LogP contribution in [-0.4, -0.2) is 13.5 Å². The SMILES string of the molecule is O=S(=O)(NCc1ccco1)c1ccc(CO)o1. The van der Waals surface area contributed by atoms with Crippen molar-refractivity contribution in [3.8, 4) is 0 Å². The van der Waals surface area contributed by atoms with Gasteiger partial charge in [-0.15, -0.1) is 0 Å². The molecule has 2 rings (SSSR count). The number of hydrogen-bond acceptors (Lipinski definition) is 5. The second kappa shape index (κ2) is 4.74. The highest BCUT2D eigenvalue weighted by Crippen LogP contribution is 2.14. The molecule has 0 fully saturated rings. The molecule has 0 aliphatic heterocycles. The summed E-state index contributed by atoms with van der Waals surface area (Å²) in [5.41, 5.74) is 0. The van der Waals surface area contributed by atoms with Gasteiger partial charge in [0.25, 0.3) is 10.0 Å². The Morgan fingerprint density at radius 2 is 2.06 bits per heavy atom. The number of aliphatic hydroxyl groups excluding tert-OH is 1. The summed E-state index contributed by atoms with van der Waals surface area (Å²) < 4.78 is 35.7. The molecule has 0 aliphatic rings. The molecular weight excluding hydrogens is 246 g/mol. The Labute approximate surface area is 97.9 Å². The summed E-state index contributed by atoms with van der Waals surface area (Å²) in [6.07, 6.45) is 1.46. The van der Waals surface area contributed by atoms with Crippen LogP contribution in [0.3, 0.4) is 0 Å². The van der Waals surface area contributed by atoms with Gasteiger partial charge < -0.3 is 13.9 Å². The molecule has 2 heterocycles. The van der Waals surface area contributed by atoms with E-state index in [9.17, 15) is 8.42 Å². The third-order valence-corrected chi connectivity index (χ3v) is 3.35. The molecule has 6 nitrogen and oxygen atoms in total. The summed E-state index contributed by atoms with van der Waals surface area (Å²) in [4.78, 5) is 0. The number of nitrogens with one attached hydrogen (secondary N) is 1. The summed E-state index contributed by atoms with van der Waals surface area (Å²) in [5.74, 6) is 0.700. The zero-order chi connectivity index (χ0) is 12.3. The average Bonchev–Trinajstić information content (AvgIpc) is 2.98. The van der Waals surface area contributed by atoms with Crippen LogP contribution >= 0.6 is 0 Å². The summed E-state index contributed by atoms with van der Waals surface area (Å²) in [7, 11) is -3.71. The second-order valence-electron chi connectivity index (χ2n) is 3.28. The van der Waals surface area contributed by atoms with Gasteiger partial charge in [-0.25, -0.2) is 13.1 Å². The van der Waals surface area contributed by atoms with E-state index < -0.39 is 10.0 Å². The molecule has 92 valence electrons. The van der Waals surface area contributed by atoms with Crippen molar-refractivity contribution in [2.75, 3.05) is 0 Å². The molecule has 2 aromatic heterocycles. The van der Waals surface area contributed by atoms with Crippen LogP contribution in [-0.2, 0) is 23.2 Å². The molecule has 0 saturated carbocycles. The summed E-state index contributed by atoms with van der Waals surface area (Å²) in [6, 6.07) is 6.02. The predicted molar refractivity (Wildman–Crippen MR) is 57.4 cm³/mol. The summed E-state index contributed by atoms with van der Waals surface area (Å²) in [6.45, 7) is -0.293. The largest absolute Gasteiger partial charge is 0.468 e. The van der Waals surface area contributed by atoms with Crippen molar-refractivity contribution in [1.82, 2.24) is 4.72 Å². The first kappa shape index (κ1) is 11.9. The van der Waals surface area contributed by atoms with Crippen molar-refractivity contribution < 1.29 is 22.4 Å². The molecule has 0 radical (unpaired) electrons. The van der Waals surface area contributed by atoms with E-state index in [1.807, 2.05) is 0 Å². The van der Waals surface area contributed by atoms with E-state index in [-0.39, 0.29) is 24.0 Å². The van der Waals surface area contributed by atoms with Crippen LogP contribution in [0.5, 0.6) is 0 Å². The van der Waals surface area contributed by atoms with E-state index in [4.69, 9.17) is 13.9 Å². The van der Waals surface area contributed by atoms with E-state index in [1.54, 1.807) is 12.1 Å². The molecule has 7 heteroatoms. The second-order valence-corrected chi connectivity index (χ2v) is 4.98. The Bertz CT molecular complexity index is 570. The first-order chi connectivity index (χ1) is 8.12. The number of rotatable bonds is 5. The fraction of sp³-hybridized carbons (Fsp3) is 0.200. The molecular formula is C10H11NO5S. The Morgan fingerprint density at radius 1 is 1.24 bits per heavy atom. The average molecular weight is 257 g/mol. The molecule has 0 aromatic carbocycles. The maximum Gasteiger partial charge on any atom is 0.274 e. The fourth-order valence-corrected chi connectivity index (χ4v) is 2.18. The molecule has 17 heavy (non-hydrogen) atoms. The monoisotopic (exact) mass is 257 g/mol. The van der Waals surface area contributed by atoms with E-state index >= 15 is 0 Å². The topological polar surface area (TPSA) is 92.7 Å². The Kier molecular flexibility index (Phi) is 3.32. The van der Waals surface area contributed by atoms with Crippen LogP contribution in [0.15, 0.2) is 44.5 Å². The van der Waals surface area contributed by atoms with Crippen LogP contribution in [0, 0.1) is 0 Å². The van der Waals surface area contributed by atoms with E-state index in [0.717, 1.165) is 0 Å². The molecule has 0 aliphatic carbocycles. The molecule has 0 amide bonds. The zero-order valence-electron chi connectivity index (χ0n) is 8.79. The highest BCUT2D eigenvalue weighted by Gasteiger charge is 2.18. The van der Waals surface area contributed by atoms with Gasteiger partial charge in [-0.1, -0.05) is 0 Å². The van der Waals surface area contributed by atoms with Crippen molar-refractivity contribution in [3.63, 3.8) is 0 Å². The van der Waals surface area contributed by atoms with Crippen LogP contribution < -0.4 is 4.72 Å². The molecule has 0 spiro atoms. The van der Waals surface area contributed by atoms with Crippen LogP contribution in [0.2, 0.25) is 0 Å². The van der Waals surface area contributed by atoms with Crippen molar-refractivity contribution >= 4 is 10.0 Å². The van der Waals surface area contributed by atoms with Crippen molar-refractivity contribution in [2.45, 2.75) is 18.2 Å². The van der Waals surface area contributed by atoms with Crippen molar-refractivity contribution in [2.24, 2.45) is 0 Å². The standard InChI is InChI=1S/C10H11NO5S/c12-7-9-3-4-10(16-9)17(13,14)11-6-8-2-1-5-15-8/h1-5,11-12H,6-7H2. The molecule has 0 bridgehead atoms. The van der Waals surface area contributed by atoms with Gasteiger partial charge in [0.2, 0.25) is 5.09 Å². The van der Waals surface area contributed by atoms with Gasteiger partial charge in [-0.2, -0.15) is 0 Å². The normalized spacial score (nSPS) is 11.8. The molecule has 0 atom stereocenters. The molecule has 2 N–H and O–H groups in total. The van der Waals surface area contributed by atoms with E-state index in [2.05, 4.69) is 4.72 Å². The molecule has 0 unspecified atom stereocenters. The van der Waals surface area contributed by atoms with Gasteiger partial charge in [0.1, 0.15) is 18.1 Å². The lowest BCUT2D eigenvalue weighted by molar-refractivity contribution is 0.236. The first-order valence-corrected chi connectivity index (χ1v) is 6.32. The lowest BCUT2D eigenvalue weighted by atomic mass is 10.5. The summed E-state index contributed by atoms with van der Waals surface area (Å²) in [5, 5.41) is 8.54. The number of sulfonamides is 1. The highest BCUT2D eigenvalue weighted by molar-refractivity contribution is 7.89. The van der Waals surface area contributed by atoms with Gasteiger partial charge in [0.15, 0.2) is 0 Å². The van der Waals surface area contributed by atoms with Gasteiger partial charge in [0.05, 0.1) is 12.8 Å². The van der Waals surface area contributed by atoms with Gasteiger partial charge in [-0.3, -0.25) is 0 Å². The Balaban J connectivity index is 2.08. The zero-order valence-corrected chi connectivity index (χ0v) is 9.61. The Morgan fingerprint density at radius 3 is 2.65 bits per heavy atom. The van der Waals surface area contributed by atoms with Crippen LogP contribution in [0.4, 0.5) is 0 Å². The molecule has 2 aromatic rings. The highest BCUT2D eigenvalue weighted by atomic mass is 32.2. The van der Waals surface area contributed by atoms with Crippen molar-refractivity contribution in [1.29, 1.82) is 0 Å². The van der Waals surface area contributed by atoms with E-state index in [1.165, 1.54) is 18.4 Å². The lowest BCUT2D eigenvalue weighted by Crippen LogP contribution is -2.22. The third-order valence-electron chi connectivity index (χ3n) is 2.07. The minimum atomic E-state index is -3.71. The Hall–Kier alpha value is -1.57. The third kappa shape index (κ3) is 2.76. The lowest BCUT2D eigenvalue weighted by Gasteiger charge is -2.01. The minimum absolute atomic E-state index is 0.0461. The van der Waals surface area contributed by atoms with Crippen LogP contribution in [0.25, 0.3) is 0 Å². The quantitative estimate of drug-likeness (QED) is 0.828. The maximum atomic E-state index is 11.7. The van der Waals surface area contributed by atoms with E-state index in [0.29, 0.717) is 5.76 Å². The van der Waals surface area contributed by atoms with Crippen molar-refractivity contribution in [3.05, 3.63) is 42.0 Å². The predicted octanol–water partition coefficient (Wildman–Crippen LogP) is 0.843.